The standard InChI is InChI=1S/C24H30O3/c1-24-14-21(27-17-5-3-2-4-6-17)23-18-10-8-16(25)13-15(18)7-9-19(23)20(24)11-12-22(24)26/h3,5-6,8,10,13,19-23,25-26H,2,4,7,9,11-12,14H2,1H3. The summed E-state index contributed by atoms with van der Waals surface area (Å²) in [6.45, 7) is 2.29. The van der Waals surface area contributed by atoms with Gasteiger partial charge in [-0.3, -0.25) is 0 Å². The van der Waals surface area contributed by atoms with E-state index in [1.54, 1.807) is 0 Å². The van der Waals surface area contributed by atoms with Crippen molar-refractivity contribution in [2.75, 3.05) is 0 Å². The van der Waals surface area contributed by atoms with E-state index in [1.807, 2.05) is 12.1 Å². The minimum Gasteiger partial charge on any atom is -0.508 e. The normalized spacial score (nSPS) is 39.9. The van der Waals surface area contributed by atoms with E-state index in [4.69, 9.17) is 4.74 Å². The Kier molecular flexibility index (Phi) is 4.12. The third kappa shape index (κ3) is 2.74. The number of phenolic OH excluding ortho intramolecular Hbond substituents is 1. The lowest BCUT2D eigenvalue weighted by molar-refractivity contribution is -0.0876. The first kappa shape index (κ1) is 17.4. The van der Waals surface area contributed by atoms with Crippen molar-refractivity contribution in [3.63, 3.8) is 0 Å². The molecule has 0 amide bonds. The molecule has 3 nitrogen and oxygen atoms in total. The van der Waals surface area contributed by atoms with E-state index in [0.29, 0.717) is 23.5 Å². The number of hydrogen-bond donors (Lipinski definition) is 2. The van der Waals surface area contributed by atoms with Crippen molar-refractivity contribution >= 4 is 0 Å². The van der Waals surface area contributed by atoms with Crippen LogP contribution in [0.2, 0.25) is 0 Å². The molecule has 0 aliphatic heterocycles. The maximum absolute atomic E-state index is 10.8. The fraction of sp³-hybridized carbons (Fsp3) is 0.583. The molecule has 5 rings (SSSR count). The average Bonchev–Trinajstić information content (AvgIpc) is 2.96. The van der Waals surface area contributed by atoms with Gasteiger partial charge in [0.2, 0.25) is 0 Å². The van der Waals surface area contributed by atoms with Crippen molar-refractivity contribution in [2.24, 2.45) is 17.3 Å². The van der Waals surface area contributed by atoms with Crippen LogP contribution in [0.5, 0.6) is 5.75 Å². The molecule has 27 heavy (non-hydrogen) atoms. The second kappa shape index (κ2) is 6.41. The van der Waals surface area contributed by atoms with Gasteiger partial charge in [0.1, 0.15) is 17.6 Å². The molecule has 0 bridgehead atoms. The first-order chi connectivity index (χ1) is 13.1. The van der Waals surface area contributed by atoms with Gasteiger partial charge in [0.05, 0.1) is 6.10 Å². The molecule has 3 heteroatoms. The highest BCUT2D eigenvalue weighted by atomic mass is 16.5. The van der Waals surface area contributed by atoms with Crippen LogP contribution in [0, 0.1) is 17.3 Å². The van der Waals surface area contributed by atoms with Gasteiger partial charge >= 0.3 is 0 Å². The molecule has 144 valence electrons. The van der Waals surface area contributed by atoms with Gasteiger partial charge in [-0.2, -0.15) is 0 Å². The van der Waals surface area contributed by atoms with Crippen LogP contribution in [0.4, 0.5) is 0 Å². The van der Waals surface area contributed by atoms with Gasteiger partial charge in [0, 0.05) is 11.3 Å². The monoisotopic (exact) mass is 366 g/mol. The highest BCUT2D eigenvalue weighted by Gasteiger charge is 2.58. The summed E-state index contributed by atoms with van der Waals surface area (Å²) in [6.07, 6.45) is 13.6. The second-order valence-electron chi connectivity index (χ2n) is 9.26. The Morgan fingerprint density at radius 2 is 2.04 bits per heavy atom. The van der Waals surface area contributed by atoms with Crippen LogP contribution < -0.4 is 0 Å². The van der Waals surface area contributed by atoms with E-state index in [2.05, 4.69) is 31.2 Å². The molecule has 2 saturated carbocycles. The Morgan fingerprint density at radius 1 is 1.15 bits per heavy atom. The molecule has 6 atom stereocenters. The van der Waals surface area contributed by atoms with Crippen LogP contribution in [0.15, 0.2) is 42.2 Å². The molecular formula is C24H30O3. The predicted octanol–water partition coefficient (Wildman–Crippen LogP) is 4.84. The topological polar surface area (TPSA) is 49.7 Å². The van der Waals surface area contributed by atoms with Gasteiger partial charge < -0.3 is 14.9 Å². The number of aryl methyl sites for hydroxylation is 1. The Balaban J connectivity index is 1.55. The van der Waals surface area contributed by atoms with E-state index in [1.165, 1.54) is 11.1 Å². The van der Waals surface area contributed by atoms with Crippen molar-refractivity contribution in [2.45, 2.75) is 70.0 Å². The smallest absolute Gasteiger partial charge is 0.115 e. The van der Waals surface area contributed by atoms with Gasteiger partial charge in [-0.1, -0.05) is 19.1 Å². The zero-order chi connectivity index (χ0) is 18.6. The molecule has 6 unspecified atom stereocenters. The first-order valence-corrected chi connectivity index (χ1v) is 10.6. The number of hydrogen-bond acceptors (Lipinski definition) is 3. The van der Waals surface area contributed by atoms with Gasteiger partial charge in [-0.25, -0.2) is 0 Å². The number of aliphatic hydroxyl groups is 1. The lowest BCUT2D eigenvalue weighted by atomic mass is 9.54. The van der Waals surface area contributed by atoms with E-state index >= 15 is 0 Å². The quantitative estimate of drug-likeness (QED) is 0.787. The van der Waals surface area contributed by atoms with E-state index in [-0.39, 0.29) is 17.6 Å². The minimum absolute atomic E-state index is 0.0425. The molecule has 0 radical (unpaired) electrons. The summed E-state index contributed by atoms with van der Waals surface area (Å²) in [7, 11) is 0. The van der Waals surface area contributed by atoms with Crippen molar-refractivity contribution in [3.05, 3.63) is 53.3 Å². The van der Waals surface area contributed by atoms with Crippen LogP contribution in [-0.2, 0) is 11.2 Å². The molecule has 1 aromatic carbocycles. The maximum atomic E-state index is 10.8. The summed E-state index contributed by atoms with van der Waals surface area (Å²) >= 11 is 0. The second-order valence-corrected chi connectivity index (χ2v) is 9.26. The number of allylic oxidation sites excluding steroid dienone is 3. The summed E-state index contributed by atoms with van der Waals surface area (Å²) < 4.78 is 6.61. The van der Waals surface area contributed by atoms with Gasteiger partial charge in [0.15, 0.2) is 0 Å². The molecule has 4 aliphatic carbocycles. The third-order valence-corrected chi connectivity index (χ3v) is 7.86. The summed E-state index contributed by atoms with van der Waals surface area (Å²) in [4.78, 5) is 0. The zero-order valence-electron chi connectivity index (χ0n) is 16.1. The number of ether oxygens (including phenoxy) is 1. The van der Waals surface area contributed by atoms with Crippen molar-refractivity contribution < 1.29 is 14.9 Å². The molecule has 2 fully saturated rings. The number of phenols is 1. The molecule has 0 heterocycles. The van der Waals surface area contributed by atoms with E-state index in [0.717, 1.165) is 50.7 Å². The third-order valence-electron chi connectivity index (χ3n) is 7.86. The lowest BCUT2D eigenvalue weighted by Gasteiger charge is -2.53. The SMILES string of the molecule is CC12CC(OC3=CCCC=C3)C3c4ccc(O)cc4CCC3C1CCC2O. The summed E-state index contributed by atoms with van der Waals surface area (Å²) in [5.74, 6) is 2.82. The van der Waals surface area contributed by atoms with Gasteiger partial charge in [0.25, 0.3) is 0 Å². The largest absolute Gasteiger partial charge is 0.508 e. The van der Waals surface area contributed by atoms with Crippen molar-refractivity contribution in [1.82, 2.24) is 0 Å². The molecule has 2 N–H and O–H groups in total. The first-order valence-electron chi connectivity index (χ1n) is 10.6. The summed E-state index contributed by atoms with van der Waals surface area (Å²) in [6, 6.07) is 5.89. The molecule has 1 aromatic rings. The Hall–Kier alpha value is -1.74. The average molecular weight is 367 g/mol. The van der Waals surface area contributed by atoms with Crippen molar-refractivity contribution in [3.8, 4) is 5.75 Å². The van der Waals surface area contributed by atoms with Crippen LogP contribution in [0.1, 0.15) is 62.5 Å². The van der Waals surface area contributed by atoms with Gasteiger partial charge in [-0.05, 0) is 92.2 Å². The number of benzene rings is 1. The highest BCUT2D eigenvalue weighted by molar-refractivity contribution is 5.41. The lowest BCUT2D eigenvalue weighted by Crippen LogP contribution is -2.50. The number of fused-ring (bicyclic) bond motifs is 5. The van der Waals surface area contributed by atoms with E-state index in [9.17, 15) is 10.2 Å². The predicted molar refractivity (Wildman–Crippen MR) is 105 cm³/mol. The Morgan fingerprint density at radius 3 is 2.85 bits per heavy atom. The summed E-state index contributed by atoms with van der Waals surface area (Å²) in [5.41, 5.74) is 2.59. The molecule has 0 saturated heterocycles. The van der Waals surface area contributed by atoms with Crippen LogP contribution in [0.25, 0.3) is 0 Å². The van der Waals surface area contributed by atoms with Gasteiger partial charge in [-0.15, -0.1) is 0 Å². The minimum atomic E-state index is -0.216. The number of aromatic hydroxyl groups is 1. The van der Waals surface area contributed by atoms with Crippen LogP contribution in [-0.4, -0.2) is 22.4 Å². The van der Waals surface area contributed by atoms with E-state index < -0.39 is 0 Å². The molecule has 0 spiro atoms. The highest BCUT2D eigenvalue weighted by Crippen LogP contribution is 2.61. The van der Waals surface area contributed by atoms with Crippen molar-refractivity contribution in [1.29, 1.82) is 0 Å². The fourth-order valence-electron chi connectivity index (χ4n) is 6.56. The fourth-order valence-corrected chi connectivity index (χ4v) is 6.56. The number of aliphatic hydroxyl groups excluding tert-OH is 1. The summed E-state index contributed by atoms with van der Waals surface area (Å²) in [5, 5.41) is 20.8. The Labute approximate surface area is 161 Å². The molecule has 4 aliphatic rings. The number of rotatable bonds is 2. The Bertz CT molecular complexity index is 795. The molecular weight excluding hydrogens is 336 g/mol. The molecule has 0 aromatic heterocycles. The maximum Gasteiger partial charge on any atom is 0.115 e. The van der Waals surface area contributed by atoms with Crippen LogP contribution in [0.3, 0.4) is 0 Å². The van der Waals surface area contributed by atoms with Crippen LogP contribution >= 0.6 is 0 Å². The zero-order valence-corrected chi connectivity index (χ0v) is 16.1.